The van der Waals surface area contributed by atoms with Gasteiger partial charge in [0.05, 0.1) is 17.6 Å². The molecule has 0 radical (unpaired) electrons. The molecule has 3 rings (SSSR count). The standard InChI is InChI=1S/C16H12BrFN2O/c1-10-16(21)20(15-5-3-2-4-14(15)19-10)9-11-6-7-12(17)8-13(11)18/h2-8H,9H2,1H3. The molecule has 0 saturated heterocycles. The molecule has 21 heavy (non-hydrogen) atoms. The highest BCUT2D eigenvalue weighted by atomic mass is 79.9. The summed E-state index contributed by atoms with van der Waals surface area (Å²) in [6.45, 7) is 1.85. The number of aryl methyl sites for hydroxylation is 1. The molecular weight excluding hydrogens is 335 g/mol. The maximum Gasteiger partial charge on any atom is 0.272 e. The largest absolute Gasteiger partial charge is 0.301 e. The van der Waals surface area contributed by atoms with E-state index >= 15 is 0 Å². The Labute approximate surface area is 129 Å². The van der Waals surface area contributed by atoms with Crippen LogP contribution in [0.15, 0.2) is 51.7 Å². The predicted octanol–water partition coefficient (Wildman–Crippen LogP) is 3.65. The molecule has 0 amide bonds. The normalized spacial score (nSPS) is 11.0. The van der Waals surface area contributed by atoms with Crippen LogP contribution < -0.4 is 5.56 Å². The molecule has 0 unspecified atom stereocenters. The lowest BCUT2D eigenvalue weighted by molar-refractivity contribution is 0.598. The molecule has 0 fully saturated rings. The number of aromatic nitrogens is 2. The maximum absolute atomic E-state index is 14.0. The Morgan fingerprint density at radius 1 is 1.24 bits per heavy atom. The molecule has 0 aliphatic carbocycles. The minimum absolute atomic E-state index is 0.182. The van der Waals surface area contributed by atoms with Crippen molar-refractivity contribution in [3.8, 4) is 0 Å². The van der Waals surface area contributed by atoms with Gasteiger partial charge in [-0.25, -0.2) is 9.37 Å². The second-order valence-corrected chi connectivity index (χ2v) is 5.73. The summed E-state index contributed by atoms with van der Waals surface area (Å²) in [6.07, 6.45) is 0. The SMILES string of the molecule is Cc1nc2ccccc2n(Cc2ccc(Br)cc2F)c1=O. The lowest BCUT2D eigenvalue weighted by atomic mass is 10.2. The van der Waals surface area contributed by atoms with Crippen LogP contribution in [0.2, 0.25) is 0 Å². The van der Waals surface area contributed by atoms with Crippen LogP contribution in [0.3, 0.4) is 0 Å². The van der Waals surface area contributed by atoms with Crippen molar-refractivity contribution in [2.24, 2.45) is 0 Å². The molecule has 1 aromatic heterocycles. The number of hydrogen-bond acceptors (Lipinski definition) is 2. The van der Waals surface area contributed by atoms with Gasteiger partial charge in [-0.05, 0) is 31.2 Å². The average Bonchev–Trinajstić information content (AvgIpc) is 2.46. The number of nitrogens with zero attached hydrogens (tertiary/aromatic N) is 2. The van der Waals surface area contributed by atoms with E-state index in [4.69, 9.17) is 0 Å². The Morgan fingerprint density at radius 3 is 2.76 bits per heavy atom. The molecule has 1 heterocycles. The third-order valence-electron chi connectivity index (χ3n) is 3.36. The van der Waals surface area contributed by atoms with Gasteiger partial charge in [0.15, 0.2) is 0 Å². The van der Waals surface area contributed by atoms with Gasteiger partial charge in [0.25, 0.3) is 5.56 Å². The number of hydrogen-bond donors (Lipinski definition) is 0. The number of halogens is 2. The first-order valence-corrected chi connectivity index (χ1v) is 7.25. The van der Waals surface area contributed by atoms with Crippen molar-refractivity contribution in [3.63, 3.8) is 0 Å². The second kappa shape index (κ2) is 5.41. The molecule has 5 heteroatoms. The zero-order chi connectivity index (χ0) is 15.0. The van der Waals surface area contributed by atoms with E-state index in [9.17, 15) is 9.18 Å². The molecule has 0 saturated carbocycles. The summed E-state index contributed by atoms with van der Waals surface area (Å²) in [5.74, 6) is -0.338. The second-order valence-electron chi connectivity index (χ2n) is 4.81. The maximum atomic E-state index is 14.0. The number of fused-ring (bicyclic) bond motifs is 1. The molecule has 3 nitrogen and oxygen atoms in total. The van der Waals surface area contributed by atoms with Crippen LogP contribution in [0, 0.1) is 12.7 Å². The van der Waals surface area contributed by atoms with Crippen molar-refractivity contribution >= 4 is 27.0 Å². The highest BCUT2D eigenvalue weighted by molar-refractivity contribution is 9.10. The van der Waals surface area contributed by atoms with Crippen LogP contribution in [0.1, 0.15) is 11.3 Å². The Bertz CT molecular complexity index is 889. The smallest absolute Gasteiger partial charge is 0.272 e. The molecule has 0 aliphatic rings. The van der Waals surface area contributed by atoms with Crippen molar-refractivity contribution in [2.75, 3.05) is 0 Å². The predicted molar refractivity (Wildman–Crippen MR) is 83.9 cm³/mol. The minimum atomic E-state index is -0.338. The van der Waals surface area contributed by atoms with Gasteiger partial charge in [-0.1, -0.05) is 34.1 Å². The summed E-state index contributed by atoms with van der Waals surface area (Å²) in [7, 11) is 0. The fourth-order valence-corrected chi connectivity index (χ4v) is 2.63. The van der Waals surface area contributed by atoms with Crippen molar-refractivity contribution in [1.82, 2.24) is 9.55 Å². The van der Waals surface area contributed by atoms with E-state index in [0.29, 0.717) is 21.2 Å². The van der Waals surface area contributed by atoms with E-state index in [2.05, 4.69) is 20.9 Å². The molecule has 0 bridgehead atoms. The summed E-state index contributed by atoms with van der Waals surface area (Å²) in [4.78, 5) is 16.6. The van der Waals surface area contributed by atoms with Gasteiger partial charge in [0, 0.05) is 10.0 Å². The van der Waals surface area contributed by atoms with Crippen LogP contribution >= 0.6 is 15.9 Å². The molecule has 2 aromatic carbocycles. The first-order chi connectivity index (χ1) is 10.1. The van der Waals surface area contributed by atoms with E-state index in [0.717, 1.165) is 5.52 Å². The highest BCUT2D eigenvalue weighted by Crippen LogP contribution is 2.17. The summed E-state index contributed by atoms with van der Waals surface area (Å²) in [5, 5.41) is 0. The van der Waals surface area contributed by atoms with Crippen LogP contribution in [0.5, 0.6) is 0 Å². The van der Waals surface area contributed by atoms with Crippen molar-refractivity contribution in [3.05, 3.63) is 74.4 Å². The lowest BCUT2D eigenvalue weighted by Crippen LogP contribution is -2.25. The Balaban J connectivity index is 2.20. The highest BCUT2D eigenvalue weighted by Gasteiger charge is 2.10. The minimum Gasteiger partial charge on any atom is -0.301 e. The van der Waals surface area contributed by atoms with Crippen molar-refractivity contribution in [1.29, 1.82) is 0 Å². The summed E-state index contributed by atoms with van der Waals surface area (Å²) >= 11 is 3.23. The molecular formula is C16H12BrFN2O. The van der Waals surface area contributed by atoms with Crippen LogP contribution in [0.4, 0.5) is 4.39 Å². The number of para-hydroxylation sites is 2. The van der Waals surface area contributed by atoms with Crippen LogP contribution in [-0.2, 0) is 6.54 Å². The summed E-state index contributed by atoms with van der Waals surface area (Å²) in [5.41, 5.74) is 2.11. The monoisotopic (exact) mass is 346 g/mol. The number of benzene rings is 2. The van der Waals surface area contributed by atoms with Crippen molar-refractivity contribution in [2.45, 2.75) is 13.5 Å². The van der Waals surface area contributed by atoms with E-state index in [-0.39, 0.29) is 17.9 Å². The Kier molecular flexibility index (Phi) is 3.59. The van der Waals surface area contributed by atoms with E-state index in [1.54, 1.807) is 23.6 Å². The third-order valence-corrected chi connectivity index (χ3v) is 3.85. The van der Waals surface area contributed by atoms with Crippen LogP contribution in [0.25, 0.3) is 11.0 Å². The lowest BCUT2D eigenvalue weighted by Gasteiger charge is -2.11. The summed E-state index contributed by atoms with van der Waals surface area (Å²) in [6, 6.07) is 12.2. The van der Waals surface area contributed by atoms with Crippen molar-refractivity contribution < 1.29 is 4.39 Å². The first-order valence-electron chi connectivity index (χ1n) is 6.46. The van der Waals surface area contributed by atoms with Crippen LogP contribution in [-0.4, -0.2) is 9.55 Å². The molecule has 106 valence electrons. The van der Waals surface area contributed by atoms with Gasteiger partial charge in [-0.3, -0.25) is 4.79 Å². The Morgan fingerprint density at radius 2 is 2.00 bits per heavy atom. The third kappa shape index (κ3) is 2.61. The molecule has 3 aromatic rings. The molecule has 0 N–H and O–H groups in total. The van der Waals surface area contributed by atoms with E-state index in [1.165, 1.54) is 6.07 Å². The molecule has 0 spiro atoms. The first kappa shape index (κ1) is 13.9. The molecule has 0 atom stereocenters. The number of rotatable bonds is 2. The Hall–Kier alpha value is -2.01. The quantitative estimate of drug-likeness (QED) is 0.709. The van der Waals surface area contributed by atoms with E-state index in [1.807, 2.05) is 24.3 Å². The van der Waals surface area contributed by atoms with Gasteiger partial charge in [0.1, 0.15) is 11.5 Å². The fourth-order valence-electron chi connectivity index (χ4n) is 2.30. The van der Waals surface area contributed by atoms with Gasteiger partial charge in [0.2, 0.25) is 0 Å². The average molecular weight is 347 g/mol. The topological polar surface area (TPSA) is 34.9 Å². The molecule has 0 aliphatic heterocycles. The van der Waals surface area contributed by atoms with Gasteiger partial charge in [-0.2, -0.15) is 0 Å². The van der Waals surface area contributed by atoms with E-state index < -0.39 is 0 Å². The van der Waals surface area contributed by atoms with Gasteiger partial charge < -0.3 is 4.57 Å². The zero-order valence-corrected chi connectivity index (χ0v) is 12.9. The van der Waals surface area contributed by atoms with Gasteiger partial charge >= 0.3 is 0 Å². The van der Waals surface area contributed by atoms with Gasteiger partial charge in [-0.15, -0.1) is 0 Å². The summed E-state index contributed by atoms with van der Waals surface area (Å²) < 4.78 is 16.2. The zero-order valence-electron chi connectivity index (χ0n) is 11.3. The fraction of sp³-hybridized carbons (Fsp3) is 0.125.